The molecule has 1 fully saturated rings. The highest BCUT2D eigenvalue weighted by Crippen LogP contribution is 2.13. The standard InChI is InChI=1S/C12H19N3O/c1-10-12(15-8-7-13-10)16-9-5-11-4-2-3-6-14-11/h7-8,11,14H,2-6,9H2,1H3/t11-/m1/s1. The lowest BCUT2D eigenvalue weighted by molar-refractivity contribution is 0.258. The molecule has 1 aliphatic rings. The molecule has 2 heterocycles. The fourth-order valence-corrected chi connectivity index (χ4v) is 2.00. The molecule has 0 spiro atoms. The van der Waals surface area contributed by atoms with Gasteiger partial charge in [-0.05, 0) is 32.7 Å². The van der Waals surface area contributed by atoms with Crippen molar-refractivity contribution in [2.24, 2.45) is 0 Å². The maximum absolute atomic E-state index is 5.63. The summed E-state index contributed by atoms with van der Waals surface area (Å²) in [6, 6.07) is 0.616. The topological polar surface area (TPSA) is 47.0 Å². The summed E-state index contributed by atoms with van der Waals surface area (Å²) in [5.74, 6) is 0.665. The first-order chi connectivity index (χ1) is 7.86. The van der Waals surface area contributed by atoms with E-state index in [4.69, 9.17) is 4.74 Å². The fraction of sp³-hybridized carbons (Fsp3) is 0.667. The molecule has 0 amide bonds. The van der Waals surface area contributed by atoms with Crippen LogP contribution in [0.1, 0.15) is 31.4 Å². The number of rotatable bonds is 4. The average Bonchev–Trinajstić information content (AvgIpc) is 2.33. The van der Waals surface area contributed by atoms with Crippen LogP contribution in [0.25, 0.3) is 0 Å². The van der Waals surface area contributed by atoms with Crippen molar-refractivity contribution in [3.05, 3.63) is 18.1 Å². The molecule has 88 valence electrons. The van der Waals surface area contributed by atoms with Crippen LogP contribution < -0.4 is 10.1 Å². The molecule has 1 aromatic rings. The number of piperidine rings is 1. The normalized spacial score (nSPS) is 20.7. The van der Waals surface area contributed by atoms with Gasteiger partial charge in [-0.2, -0.15) is 0 Å². The zero-order valence-corrected chi connectivity index (χ0v) is 9.78. The van der Waals surface area contributed by atoms with Crippen LogP contribution in [-0.2, 0) is 0 Å². The smallest absolute Gasteiger partial charge is 0.235 e. The van der Waals surface area contributed by atoms with Gasteiger partial charge in [0, 0.05) is 18.4 Å². The molecule has 0 aliphatic carbocycles. The maximum Gasteiger partial charge on any atom is 0.235 e. The van der Waals surface area contributed by atoms with E-state index in [9.17, 15) is 0 Å². The first-order valence-electron chi connectivity index (χ1n) is 6.00. The van der Waals surface area contributed by atoms with E-state index in [1.807, 2.05) is 6.92 Å². The number of nitrogens with zero attached hydrogens (tertiary/aromatic N) is 2. The summed E-state index contributed by atoms with van der Waals surface area (Å²) in [4.78, 5) is 8.30. The van der Waals surface area contributed by atoms with E-state index in [2.05, 4.69) is 15.3 Å². The third-order valence-electron chi connectivity index (χ3n) is 2.95. The quantitative estimate of drug-likeness (QED) is 0.840. The summed E-state index contributed by atoms with van der Waals surface area (Å²) in [5, 5.41) is 3.50. The van der Waals surface area contributed by atoms with E-state index < -0.39 is 0 Å². The highest BCUT2D eigenvalue weighted by molar-refractivity contribution is 5.14. The van der Waals surface area contributed by atoms with Crippen LogP contribution in [0.3, 0.4) is 0 Å². The fourth-order valence-electron chi connectivity index (χ4n) is 2.00. The summed E-state index contributed by atoms with van der Waals surface area (Å²) >= 11 is 0. The number of hydrogen-bond donors (Lipinski definition) is 1. The van der Waals surface area contributed by atoms with Gasteiger partial charge in [0.2, 0.25) is 5.88 Å². The second kappa shape index (κ2) is 5.80. The van der Waals surface area contributed by atoms with Crippen molar-refractivity contribution >= 4 is 0 Å². The Hall–Kier alpha value is -1.16. The Morgan fingerprint density at radius 3 is 3.00 bits per heavy atom. The van der Waals surface area contributed by atoms with Crippen molar-refractivity contribution in [3.63, 3.8) is 0 Å². The molecular weight excluding hydrogens is 202 g/mol. The van der Waals surface area contributed by atoms with Crippen LogP contribution in [0.5, 0.6) is 5.88 Å². The van der Waals surface area contributed by atoms with E-state index in [1.54, 1.807) is 12.4 Å². The molecule has 1 aromatic heterocycles. The largest absolute Gasteiger partial charge is 0.476 e. The summed E-state index contributed by atoms with van der Waals surface area (Å²) in [7, 11) is 0. The second-order valence-electron chi connectivity index (χ2n) is 4.23. The van der Waals surface area contributed by atoms with E-state index in [1.165, 1.54) is 19.3 Å². The first-order valence-corrected chi connectivity index (χ1v) is 6.00. The summed E-state index contributed by atoms with van der Waals surface area (Å²) in [6.07, 6.45) is 8.31. The number of hydrogen-bond acceptors (Lipinski definition) is 4. The molecule has 16 heavy (non-hydrogen) atoms. The lowest BCUT2D eigenvalue weighted by atomic mass is 10.0. The van der Waals surface area contributed by atoms with Crippen molar-refractivity contribution in [2.45, 2.75) is 38.6 Å². The van der Waals surface area contributed by atoms with Gasteiger partial charge in [-0.25, -0.2) is 4.98 Å². The van der Waals surface area contributed by atoms with Crippen LogP contribution in [0.2, 0.25) is 0 Å². The molecule has 0 saturated carbocycles. The molecule has 1 aliphatic heterocycles. The Morgan fingerprint density at radius 1 is 1.38 bits per heavy atom. The number of aromatic nitrogens is 2. The summed E-state index contributed by atoms with van der Waals surface area (Å²) in [5.41, 5.74) is 0.860. The van der Waals surface area contributed by atoms with Crippen molar-refractivity contribution < 1.29 is 4.74 Å². The van der Waals surface area contributed by atoms with Gasteiger partial charge in [0.1, 0.15) is 0 Å². The Balaban J connectivity index is 1.73. The predicted octanol–water partition coefficient (Wildman–Crippen LogP) is 1.70. The maximum atomic E-state index is 5.63. The van der Waals surface area contributed by atoms with Gasteiger partial charge in [0.25, 0.3) is 0 Å². The first kappa shape index (κ1) is 11.3. The number of ether oxygens (including phenoxy) is 1. The third kappa shape index (κ3) is 3.17. The van der Waals surface area contributed by atoms with Gasteiger partial charge in [-0.3, -0.25) is 4.98 Å². The molecule has 0 radical (unpaired) electrons. The Bertz CT molecular complexity index is 324. The average molecular weight is 221 g/mol. The van der Waals surface area contributed by atoms with Crippen LogP contribution in [-0.4, -0.2) is 29.2 Å². The minimum atomic E-state index is 0.616. The van der Waals surface area contributed by atoms with Crippen molar-refractivity contribution in [3.8, 4) is 5.88 Å². The molecular formula is C12H19N3O. The Morgan fingerprint density at radius 2 is 2.25 bits per heavy atom. The third-order valence-corrected chi connectivity index (χ3v) is 2.95. The van der Waals surface area contributed by atoms with E-state index in [0.29, 0.717) is 11.9 Å². The van der Waals surface area contributed by atoms with Crippen LogP contribution in [0.4, 0.5) is 0 Å². The van der Waals surface area contributed by atoms with Crippen molar-refractivity contribution in [2.75, 3.05) is 13.2 Å². The van der Waals surface area contributed by atoms with Crippen LogP contribution >= 0.6 is 0 Å². The van der Waals surface area contributed by atoms with Gasteiger partial charge in [0.15, 0.2) is 0 Å². The van der Waals surface area contributed by atoms with Gasteiger partial charge in [-0.1, -0.05) is 6.42 Å². The van der Waals surface area contributed by atoms with Crippen molar-refractivity contribution in [1.82, 2.24) is 15.3 Å². The highest BCUT2D eigenvalue weighted by atomic mass is 16.5. The van der Waals surface area contributed by atoms with Crippen LogP contribution in [0.15, 0.2) is 12.4 Å². The monoisotopic (exact) mass is 221 g/mol. The molecule has 1 atom stereocenters. The Kier molecular flexibility index (Phi) is 4.10. The molecule has 2 rings (SSSR count). The van der Waals surface area contributed by atoms with Gasteiger partial charge < -0.3 is 10.1 Å². The molecule has 0 bridgehead atoms. The van der Waals surface area contributed by atoms with Crippen LogP contribution in [0, 0.1) is 6.92 Å². The van der Waals surface area contributed by atoms with Gasteiger partial charge >= 0.3 is 0 Å². The summed E-state index contributed by atoms with van der Waals surface area (Å²) in [6.45, 7) is 3.78. The number of aryl methyl sites for hydroxylation is 1. The second-order valence-corrected chi connectivity index (χ2v) is 4.23. The minimum Gasteiger partial charge on any atom is -0.476 e. The molecule has 1 saturated heterocycles. The molecule has 0 unspecified atom stereocenters. The van der Waals surface area contributed by atoms with E-state index >= 15 is 0 Å². The molecule has 1 N–H and O–H groups in total. The van der Waals surface area contributed by atoms with Gasteiger partial charge in [0.05, 0.1) is 12.3 Å². The highest BCUT2D eigenvalue weighted by Gasteiger charge is 2.12. The lowest BCUT2D eigenvalue weighted by Gasteiger charge is -2.23. The van der Waals surface area contributed by atoms with E-state index in [0.717, 1.165) is 25.3 Å². The zero-order chi connectivity index (χ0) is 11.2. The van der Waals surface area contributed by atoms with Gasteiger partial charge in [-0.15, -0.1) is 0 Å². The molecule has 4 nitrogen and oxygen atoms in total. The number of nitrogens with one attached hydrogen (secondary N) is 1. The minimum absolute atomic E-state index is 0.616. The zero-order valence-electron chi connectivity index (χ0n) is 9.78. The summed E-state index contributed by atoms with van der Waals surface area (Å²) < 4.78 is 5.63. The SMILES string of the molecule is Cc1nccnc1OCC[C@H]1CCCCN1. The predicted molar refractivity (Wildman–Crippen MR) is 62.5 cm³/mol. The lowest BCUT2D eigenvalue weighted by Crippen LogP contribution is -2.35. The van der Waals surface area contributed by atoms with Crippen molar-refractivity contribution in [1.29, 1.82) is 0 Å². The molecule has 4 heteroatoms. The van der Waals surface area contributed by atoms with E-state index in [-0.39, 0.29) is 0 Å². The molecule has 0 aromatic carbocycles. The Labute approximate surface area is 96.4 Å².